The van der Waals surface area contributed by atoms with Crippen LogP contribution in [0.4, 0.5) is 0 Å². The number of hydrogen-bond acceptors (Lipinski definition) is 0. The molecule has 0 aliphatic rings. The highest BCUT2D eigenvalue weighted by molar-refractivity contribution is 7.37. The van der Waals surface area contributed by atoms with Crippen molar-refractivity contribution in [2.24, 2.45) is 0 Å². The first kappa shape index (κ1) is 9.17. The maximum absolute atomic E-state index is 3.68. The minimum absolute atomic E-state index is 1.17. The summed E-state index contributed by atoms with van der Waals surface area (Å²) in [6.07, 6.45) is 8.78. The van der Waals surface area contributed by atoms with Crippen LogP contribution in [0.3, 0.4) is 0 Å². The average molecular weight is 144 g/mol. The summed E-state index contributed by atoms with van der Waals surface area (Å²) >= 11 is 0. The summed E-state index contributed by atoms with van der Waals surface area (Å²) in [5, 5.41) is 0. The van der Waals surface area contributed by atoms with Crippen LogP contribution in [-0.4, -0.2) is 12.3 Å². The van der Waals surface area contributed by atoms with Gasteiger partial charge >= 0.3 is 0 Å². The van der Waals surface area contributed by atoms with E-state index in [0.717, 1.165) is 0 Å². The summed E-state index contributed by atoms with van der Waals surface area (Å²) in [6.45, 7) is 5.93. The first-order valence-electron chi connectivity index (χ1n) is 3.73. The minimum Gasteiger partial charge on any atom is -0.122 e. The van der Waals surface area contributed by atoms with Crippen LogP contribution in [0.5, 0.6) is 0 Å². The van der Waals surface area contributed by atoms with Crippen LogP contribution in [0.25, 0.3) is 0 Å². The van der Waals surface area contributed by atoms with Gasteiger partial charge in [-0.05, 0) is 25.2 Å². The second-order valence-corrected chi connectivity index (χ2v) is 3.68. The largest absolute Gasteiger partial charge is 0.122 e. The molecule has 0 aromatic rings. The van der Waals surface area contributed by atoms with Crippen molar-refractivity contribution in [2.45, 2.75) is 26.2 Å². The van der Waals surface area contributed by atoms with Gasteiger partial charge in [-0.3, -0.25) is 0 Å². The van der Waals surface area contributed by atoms with Crippen molar-refractivity contribution in [3.05, 3.63) is 12.7 Å². The molecule has 0 amide bonds. The zero-order valence-electron chi connectivity index (χ0n) is 6.32. The summed E-state index contributed by atoms with van der Waals surface area (Å²) in [5.74, 6) is 0. The molecule has 1 heteroatoms. The molecule has 0 N–H and O–H groups in total. The quantitative estimate of drug-likeness (QED) is 0.305. The number of rotatable bonds is 6. The van der Waals surface area contributed by atoms with Crippen molar-refractivity contribution in [3.63, 3.8) is 0 Å². The van der Waals surface area contributed by atoms with E-state index in [-0.39, 0.29) is 0 Å². The molecule has 0 fully saturated rings. The molecule has 1 unspecified atom stereocenters. The Balaban J connectivity index is 2.66. The molecule has 0 heterocycles. The average Bonchev–Trinajstić information content (AvgIpc) is 1.89. The third kappa shape index (κ3) is 8.17. The van der Waals surface area contributed by atoms with Gasteiger partial charge in [0.05, 0.1) is 0 Å². The van der Waals surface area contributed by atoms with Crippen LogP contribution in [0, 0.1) is 0 Å². The van der Waals surface area contributed by atoms with Gasteiger partial charge in [0, 0.05) is 0 Å². The SMILES string of the molecule is C=CCCPCCCC. The third-order valence-corrected chi connectivity index (χ3v) is 2.58. The summed E-state index contributed by atoms with van der Waals surface area (Å²) in [5.41, 5.74) is 0. The molecule has 1 atom stereocenters. The van der Waals surface area contributed by atoms with Crippen LogP contribution >= 0.6 is 8.58 Å². The van der Waals surface area contributed by atoms with E-state index < -0.39 is 0 Å². The molecule has 0 bridgehead atoms. The number of hydrogen-bond donors (Lipinski definition) is 0. The van der Waals surface area contributed by atoms with Crippen molar-refractivity contribution in [1.82, 2.24) is 0 Å². The van der Waals surface area contributed by atoms with Crippen LogP contribution in [0.2, 0.25) is 0 Å². The fourth-order valence-corrected chi connectivity index (χ4v) is 1.89. The standard InChI is InChI=1S/C8H17P/c1-3-5-7-9-8-6-4-2/h3,9H,1,4-8H2,2H3. The molecule has 0 saturated carbocycles. The van der Waals surface area contributed by atoms with Crippen molar-refractivity contribution in [1.29, 1.82) is 0 Å². The molecular weight excluding hydrogens is 127 g/mol. The molecule has 0 rings (SSSR count). The van der Waals surface area contributed by atoms with Crippen LogP contribution in [0.1, 0.15) is 26.2 Å². The monoisotopic (exact) mass is 144 g/mol. The zero-order chi connectivity index (χ0) is 6.95. The molecule has 0 saturated heterocycles. The van der Waals surface area contributed by atoms with Crippen LogP contribution in [-0.2, 0) is 0 Å². The molecule has 0 aliphatic carbocycles. The summed E-state index contributed by atoms with van der Waals surface area (Å²) in [6, 6.07) is 0. The molecule has 0 radical (unpaired) electrons. The predicted octanol–water partition coefficient (Wildman–Crippen LogP) is 3.04. The van der Waals surface area contributed by atoms with E-state index in [9.17, 15) is 0 Å². The Labute approximate surface area is 60.5 Å². The van der Waals surface area contributed by atoms with E-state index in [0.29, 0.717) is 0 Å². The first-order chi connectivity index (χ1) is 4.41. The highest BCUT2D eigenvalue weighted by atomic mass is 31.1. The predicted molar refractivity (Wildman–Crippen MR) is 47.8 cm³/mol. The molecule has 0 aromatic carbocycles. The molecule has 0 aliphatic heterocycles. The topological polar surface area (TPSA) is 0 Å². The molecule has 9 heavy (non-hydrogen) atoms. The first-order valence-corrected chi connectivity index (χ1v) is 5.14. The maximum atomic E-state index is 3.68. The Morgan fingerprint density at radius 2 is 2.22 bits per heavy atom. The summed E-state index contributed by atoms with van der Waals surface area (Å²) in [4.78, 5) is 0. The van der Waals surface area contributed by atoms with E-state index in [1.807, 2.05) is 6.08 Å². The van der Waals surface area contributed by atoms with Crippen molar-refractivity contribution in [2.75, 3.05) is 12.3 Å². The Morgan fingerprint density at radius 1 is 1.44 bits per heavy atom. The lowest BCUT2D eigenvalue weighted by atomic mass is 10.4. The Hall–Kier alpha value is 0.170. The normalized spacial score (nSPS) is 10.8. The lowest BCUT2D eigenvalue weighted by molar-refractivity contribution is 0.893. The number of allylic oxidation sites excluding steroid dienone is 1. The van der Waals surface area contributed by atoms with E-state index in [4.69, 9.17) is 0 Å². The van der Waals surface area contributed by atoms with E-state index in [2.05, 4.69) is 13.5 Å². The van der Waals surface area contributed by atoms with Gasteiger partial charge in [-0.2, -0.15) is 0 Å². The summed E-state index contributed by atoms with van der Waals surface area (Å²) in [7, 11) is 1.17. The van der Waals surface area contributed by atoms with Gasteiger partial charge in [0.1, 0.15) is 0 Å². The lowest BCUT2D eigenvalue weighted by Gasteiger charge is -1.95. The molecule has 0 spiro atoms. The van der Waals surface area contributed by atoms with Gasteiger partial charge in [0.15, 0.2) is 0 Å². The van der Waals surface area contributed by atoms with E-state index in [1.54, 1.807) is 0 Å². The van der Waals surface area contributed by atoms with Gasteiger partial charge < -0.3 is 0 Å². The van der Waals surface area contributed by atoms with Crippen LogP contribution in [0.15, 0.2) is 12.7 Å². The van der Waals surface area contributed by atoms with Gasteiger partial charge in [0.25, 0.3) is 0 Å². The highest BCUT2D eigenvalue weighted by Gasteiger charge is 1.83. The Bertz CT molecular complexity index is 59.6. The Morgan fingerprint density at radius 3 is 2.78 bits per heavy atom. The molecule has 54 valence electrons. The van der Waals surface area contributed by atoms with Crippen molar-refractivity contribution >= 4 is 8.58 Å². The molecule has 0 nitrogen and oxygen atoms in total. The van der Waals surface area contributed by atoms with Gasteiger partial charge in [-0.1, -0.05) is 19.4 Å². The third-order valence-electron chi connectivity index (χ3n) is 1.23. The maximum Gasteiger partial charge on any atom is -0.0316 e. The smallest absolute Gasteiger partial charge is 0.0316 e. The molecule has 0 aromatic heterocycles. The second kappa shape index (κ2) is 8.17. The van der Waals surface area contributed by atoms with Crippen LogP contribution < -0.4 is 0 Å². The Kier molecular flexibility index (Phi) is 8.32. The zero-order valence-corrected chi connectivity index (χ0v) is 7.32. The fourth-order valence-electron chi connectivity index (χ4n) is 0.631. The van der Waals surface area contributed by atoms with E-state index >= 15 is 0 Å². The number of unbranched alkanes of at least 4 members (excludes halogenated alkanes) is 1. The highest BCUT2D eigenvalue weighted by Crippen LogP contribution is 2.13. The van der Waals surface area contributed by atoms with E-state index in [1.165, 1.54) is 40.2 Å². The lowest BCUT2D eigenvalue weighted by Crippen LogP contribution is -1.77. The van der Waals surface area contributed by atoms with Gasteiger partial charge in [-0.15, -0.1) is 15.2 Å². The van der Waals surface area contributed by atoms with Gasteiger partial charge in [-0.25, -0.2) is 0 Å². The minimum atomic E-state index is 1.17. The molecular formula is C8H17P. The van der Waals surface area contributed by atoms with Crippen molar-refractivity contribution < 1.29 is 0 Å². The fraction of sp³-hybridized carbons (Fsp3) is 0.750. The van der Waals surface area contributed by atoms with Gasteiger partial charge in [0.2, 0.25) is 0 Å². The second-order valence-electron chi connectivity index (χ2n) is 2.18. The van der Waals surface area contributed by atoms with Crippen molar-refractivity contribution in [3.8, 4) is 0 Å². The summed E-state index contributed by atoms with van der Waals surface area (Å²) < 4.78 is 0.